The average Bonchev–Trinajstić information content (AvgIpc) is 2.25. The lowest BCUT2D eigenvalue weighted by Gasteiger charge is -2.19. The molecule has 0 radical (unpaired) electrons. The highest BCUT2D eigenvalue weighted by Crippen LogP contribution is 2.21. The molecule has 0 saturated heterocycles. The van der Waals surface area contributed by atoms with Gasteiger partial charge in [0, 0.05) is 9.61 Å². The van der Waals surface area contributed by atoms with E-state index in [-0.39, 0.29) is 0 Å². The quantitative estimate of drug-likeness (QED) is 0.763. The van der Waals surface area contributed by atoms with Crippen LogP contribution < -0.4 is 5.32 Å². The highest BCUT2D eigenvalue weighted by molar-refractivity contribution is 14.1. The normalized spacial score (nSPS) is 13.1. The molecule has 1 aromatic carbocycles. The van der Waals surface area contributed by atoms with Gasteiger partial charge in [0.1, 0.15) is 0 Å². The lowest BCUT2D eigenvalue weighted by atomic mass is 9.98. The van der Waals surface area contributed by atoms with Crippen molar-refractivity contribution in [3.8, 4) is 0 Å². The SMILES string of the molecule is CCNC(CCC(C)C)c1ccc(I)cc1. The van der Waals surface area contributed by atoms with Crippen molar-refractivity contribution < 1.29 is 0 Å². The minimum atomic E-state index is 0.518. The van der Waals surface area contributed by atoms with Crippen molar-refractivity contribution in [2.45, 2.75) is 39.7 Å². The summed E-state index contributed by atoms with van der Waals surface area (Å²) < 4.78 is 1.31. The number of benzene rings is 1. The molecular weight excluding hydrogens is 309 g/mol. The predicted molar refractivity (Wildman–Crippen MR) is 79.6 cm³/mol. The van der Waals surface area contributed by atoms with Crippen LogP contribution in [0.25, 0.3) is 0 Å². The van der Waals surface area contributed by atoms with Crippen molar-refractivity contribution in [3.05, 3.63) is 33.4 Å². The first-order valence-corrected chi connectivity index (χ1v) is 7.20. The first kappa shape index (κ1) is 14.0. The Kier molecular flexibility index (Phi) is 6.36. The first-order chi connectivity index (χ1) is 7.63. The second-order valence-electron chi connectivity index (χ2n) is 4.63. The largest absolute Gasteiger partial charge is 0.310 e. The van der Waals surface area contributed by atoms with Gasteiger partial charge in [-0.15, -0.1) is 0 Å². The number of hydrogen-bond donors (Lipinski definition) is 1. The third-order valence-corrected chi connectivity index (χ3v) is 3.47. The fourth-order valence-electron chi connectivity index (χ4n) is 1.83. The molecule has 90 valence electrons. The molecule has 0 aliphatic carbocycles. The monoisotopic (exact) mass is 331 g/mol. The first-order valence-electron chi connectivity index (χ1n) is 6.12. The predicted octanol–water partition coefficient (Wildman–Crippen LogP) is 4.38. The molecule has 16 heavy (non-hydrogen) atoms. The van der Waals surface area contributed by atoms with E-state index in [1.807, 2.05) is 0 Å². The van der Waals surface area contributed by atoms with Crippen molar-refractivity contribution >= 4 is 22.6 Å². The molecule has 1 N–H and O–H groups in total. The maximum absolute atomic E-state index is 3.57. The summed E-state index contributed by atoms with van der Waals surface area (Å²) in [5.74, 6) is 0.782. The lowest BCUT2D eigenvalue weighted by Crippen LogP contribution is -2.21. The minimum absolute atomic E-state index is 0.518. The van der Waals surface area contributed by atoms with Crippen molar-refractivity contribution in [1.82, 2.24) is 5.32 Å². The van der Waals surface area contributed by atoms with Crippen LogP contribution in [0.2, 0.25) is 0 Å². The summed E-state index contributed by atoms with van der Waals surface area (Å²) >= 11 is 2.35. The maximum Gasteiger partial charge on any atom is 0.0320 e. The molecule has 0 bridgehead atoms. The summed E-state index contributed by atoms with van der Waals surface area (Å²) in [7, 11) is 0. The topological polar surface area (TPSA) is 12.0 Å². The van der Waals surface area contributed by atoms with E-state index in [0.29, 0.717) is 6.04 Å². The smallest absolute Gasteiger partial charge is 0.0320 e. The van der Waals surface area contributed by atoms with Crippen molar-refractivity contribution in [3.63, 3.8) is 0 Å². The molecule has 1 aromatic rings. The molecule has 0 aliphatic heterocycles. The van der Waals surface area contributed by atoms with Crippen LogP contribution in [0.3, 0.4) is 0 Å². The number of hydrogen-bond acceptors (Lipinski definition) is 1. The molecule has 0 saturated carbocycles. The fraction of sp³-hybridized carbons (Fsp3) is 0.571. The van der Waals surface area contributed by atoms with Gasteiger partial charge in [-0.25, -0.2) is 0 Å². The van der Waals surface area contributed by atoms with Crippen LogP contribution in [0.15, 0.2) is 24.3 Å². The number of nitrogens with one attached hydrogen (secondary N) is 1. The van der Waals surface area contributed by atoms with Crippen LogP contribution in [0.4, 0.5) is 0 Å². The van der Waals surface area contributed by atoms with E-state index in [1.165, 1.54) is 22.0 Å². The number of halogens is 1. The van der Waals surface area contributed by atoms with Crippen LogP contribution in [-0.4, -0.2) is 6.54 Å². The highest BCUT2D eigenvalue weighted by Gasteiger charge is 2.10. The zero-order valence-corrected chi connectivity index (χ0v) is 12.6. The van der Waals surface area contributed by atoms with Gasteiger partial charge in [-0.05, 0) is 65.6 Å². The molecule has 0 aliphatic rings. The molecule has 0 fully saturated rings. The molecule has 1 rings (SSSR count). The van der Waals surface area contributed by atoms with E-state index >= 15 is 0 Å². The third-order valence-electron chi connectivity index (χ3n) is 2.76. The second kappa shape index (κ2) is 7.28. The Labute approximate surface area is 113 Å². The standard InChI is InChI=1S/C14H22IN/c1-4-16-14(10-5-11(2)3)12-6-8-13(15)9-7-12/h6-9,11,14,16H,4-5,10H2,1-3H3. The average molecular weight is 331 g/mol. The Morgan fingerprint density at radius 3 is 2.25 bits per heavy atom. The van der Waals surface area contributed by atoms with Crippen LogP contribution in [0.1, 0.15) is 45.2 Å². The van der Waals surface area contributed by atoms with Crippen molar-refractivity contribution in [2.75, 3.05) is 6.54 Å². The third kappa shape index (κ3) is 4.83. The zero-order chi connectivity index (χ0) is 12.0. The Balaban J connectivity index is 2.64. The van der Waals surface area contributed by atoms with Gasteiger partial charge < -0.3 is 5.32 Å². The van der Waals surface area contributed by atoms with Crippen molar-refractivity contribution in [1.29, 1.82) is 0 Å². The molecule has 1 unspecified atom stereocenters. The minimum Gasteiger partial charge on any atom is -0.310 e. The fourth-order valence-corrected chi connectivity index (χ4v) is 2.19. The zero-order valence-electron chi connectivity index (χ0n) is 10.5. The van der Waals surface area contributed by atoms with Gasteiger partial charge in [-0.2, -0.15) is 0 Å². The van der Waals surface area contributed by atoms with E-state index in [0.717, 1.165) is 12.5 Å². The Hall–Kier alpha value is -0.0900. The van der Waals surface area contributed by atoms with Crippen LogP contribution in [-0.2, 0) is 0 Å². The summed E-state index contributed by atoms with van der Waals surface area (Å²) in [6, 6.07) is 9.39. The second-order valence-corrected chi connectivity index (χ2v) is 5.88. The van der Waals surface area contributed by atoms with Crippen LogP contribution in [0, 0.1) is 9.49 Å². The highest BCUT2D eigenvalue weighted by atomic mass is 127. The van der Waals surface area contributed by atoms with Gasteiger partial charge in [0.25, 0.3) is 0 Å². The van der Waals surface area contributed by atoms with Crippen LogP contribution >= 0.6 is 22.6 Å². The van der Waals surface area contributed by atoms with E-state index in [4.69, 9.17) is 0 Å². The Morgan fingerprint density at radius 1 is 1.12 bits per heavy atom. The van der Waals surface area contributed by atoms with Gasteiger partial charge in [-0.1, -0.05) is 32.9 Å². The maximum atomic E-state index is 3.57. The molecule has 0 spiro atoms. The summed E-state index contributed by atoms with van der Waals surface area (Å²) in [4.78, 5) is 0. The Bertz CT molecular complexity index is 292. The van der Waals surface area contributed by atoms with Gasteiger partial charge in [0.15, 0.2) is 0 Å². The molecule has 2 heteroatoms. The molecule has 0 aromatic heterocycles. The summed E-state index contributed by atoms with van der Waals surface area (Å²) in [5.41, 5.74) is 1.42. The van der Waals surface area contributed by atoms with E-state index < -0.39 is 0 Å². The van der Waals surface area contributed by atoms with E-state index in [9.17, 15) is 0 Å². The van der Waals surface area contributed by atoms with E-state index in [1.54, 1.807) is 0 Å². The summed E-state index contributed by atoms with van der Waals surface area (Å²) in [6.07, 6.45) is 2.51. The van der Waals surface area contributed by atoms with E-state index in [2.05, 4.69) is 72.9 Å². The molecule has 0 heterocycles. The van der Waals surface area contributed by atoms with Gasteiger partial charge in [0.05, 0.1) is 0 Å². The van der Waals surface area contributed by atoms with Crippen LogP contribution in [0.5, 0.6) is 0 Å². The van der Waals surface area contributed by atoms with Gasteiger partial charge >= 0.3 is 0 Å². The van der Waals surface area contributed by atoms with Gasteiger partial charge in [0.2, 0.25) is 0 Å². The number of rotatable bonds is 6. The lowest BCUT2D eigenvalue weighted by molar-refractivity contribution is 0.448. The molecule has 1 nitrogen and oxygen atoms in total. The van der Waals surface area contributed by atoms with Gasteiger partial charge in [-0.3, -0.25) is 0 Å². The Morgan fingerprint density at radius 2 is 1.75 bits per heavy atom. The summed E-state index contributed by atoms with van der Waals surface area (Å²) in [5, 5.41) is 3.57. The molecule has 0 amide bonds. The molecular formula is C14H22IN. The molecule has 1 atom stereocenters. The summed E-state index contributed by atoms with van der Waals surface area (Å²) in [6.45, 7) is 7.79. The van der Waals surface area contributed by atoms with Crippen molar-refractivity contribution in [2.24, 2.45) is 5.92 Å².